The molecule has 94 valence electrons. The molecular weight excluding hydrogens is 234 g/mol. The van der Waals surface area contributed by atoms with E-state index in [1.807, 2.05) is 7.05 Å². The van der Waals surface area contributed by atoms with Crippen LogP contribution in [0, 0.1) is 5.92 Å². The molecule has 0 saturated heterocycles. The maximum absolute atomic E-state index is 12.0. The molecule has 1 aromatic rings. The minimum atomic E-state index is -0.0403. The molecule has 0 aliphatic heterocycles. The molecule has 0 aromatic carbocycles. The van der Waals surface area contributed by atoms with Gasteiger partial charge in [-0.2, -0.15) is 0 Å². The highest BCUT2D eigenvalue weighted by Crippen LogP contribution is 2.24. The van der Waals surface area contributed by atoms with Gasteiger partial charge in [0.1, 0.15) is 5.69 Å². The van der Waals surface area contributed by atoms with E-state index in [1.165, 1.54) is 30.6 Å². The summed E-state index contributed by atoms with van der Waals surface area (Å²) in [5, 5.41) is 8.63. The number of nitrogens with zero attached hydrogens (tertiary/aromatic N) is 1. The fraction of sp³-hybridized carbons (Fsp3) is 0.667. The smallest absolute Gasteiger partial charge is 0.271 e. The minimum Gasteiger partial charge on any atom is -0.365 e. The maximum Gasteiger partial charge on any atom is 0.271 e. The highest BCUT2D eigenvalue weighted by molar-refractivity contribution is 7.13. The van der Waals surface area contributed by atoms with Gasteiger partial charge in [0.2, 0.25) is 0 Å². The number of hydrogen-bond acceptors (Lipinski definition) is 4. The van der Waals surface area contributed by atoms with Gasteiger partial charge in [0.15, 0.2) is 5.13 Å². The fourth-order valence-corrected chi connectivity index (χ4v) is 2.92. The molecule has 1 aliphatic carbocycles. The summed E-state index contributed by atoms with van der Waals surface area (Å²) in [6.45, 7) is 2.21. The SMILES string of the molecule is CNc1nc(C(=O)N[C@@H]2CCCC[C@H]2C)cs1. The Labute approximate surface area is 106 Å². The van der Waals surface area contributed by atoms with Crippen molar-refractivity contribution in [3.05, 3.63) is 11.1 Å². The molecule has 0 radical (unpaired) electrons. The Morgan fingerprint density at radius 1 is 1.47 bits per heavy atom. The Balaban J connectivity index is 1.96. The Hall–Kier alpha value is -1.10. The number of carbonyl (C=O) groups is 1. The van der Waals surface area contributed by atoms with Crippen LogP contribution in [0.25, 0.3) is 0 Å². The van der Waals surface area contributed by atoms with Gasteiger partial charge >= 0.3 is 0 Å². The quantitative estimate of drug-likeness (QED) is 0.870. The number of rotatable bonds is 3. The second-order valence-electron chi connectivity index (χ2n) is 4.63. The van der Waals surface area contributed by atoms with Crippen LogP contribution in [0.4, 0.5) is 5.13 Å². The maximum atomic E-state index is 12.0. The minimum absolute atomic E-state index is 0.0403. The van der Waals surface area contributed by atoms with Crippen molar-refractivity contribution in [1.82, 2.24) is 10.3 Å². The standard InChI is InChI=1S/C12H19N3OS/c1-8-5-3-4-6-9(8)14-11(16)10-7-17-12(13-2)15-10/h7-9H,3-6H2,1-2H3,(H,13,15)(H,14,16)/t8-,9-/m1/s1. The summed E-state index contributed by atoms with van der Waals surface area (Å²) in [5.41, 5.74) is 0.525. The average Bonchev–Trinajstić information content (AvgIpc) is 2.81. The number of thiazole rings is 1. The molecule has 1 saturated carbocycles. The lowest BCUT2D eigenvalue weighted by atomic mass is 9.86. The zero-order valence-corrected chi connectivity index (χ0v) is 11.1. The van der Waals surface area contributed by atoms with E-state index in [4.69, 9.17) is 0 Å². The van der Waals surface area contributed by atoms with Gasteiger partial charge in [-0.3, -0.25) is 4.79 Å². The van der Waals surface area contributed by atoms with Gasteiger partial charge in [0.05, 0.1) is 0 Å². The summed E-state index contributed by atoms with van der Waals surface area (Å²) in [4.78, 5) is 16.2. The van der Waals surface area contributed by atoms with Crippen molar-refractivity contribution in [1.29, 1.82) is 0 Å². The fourth-order valence-electron chi connectivity index (χ4n) is 2.27. The van der Waals surface area contributed by atoms with Crippen molar-refractivity contribution in [3.63, 3.8) is 0 Å². The highest BCUT2D eigenvalue weighted by Gasteiger charge is 2.23. The molecule has 4 nitrogen and oxygen atoms in total. The largest absolute Gasteiger partial charge is 0.365 e. The Morgan fingerprint density at radius 2 is 2.24 bits per heavy atom. The molecule has 2 rings (SSSR count). The summed E-state index contributed by atoms with van der Waals surface area (Å²) >= 11 is 1.46. The molecule has 1 aliphatic rings. The van der Waals surface area contributed by atoms with Crippen LogP contribution in [-0.2, 0) is 0 Å². The third kappa shape index (κ3) is 2.97. The van der Waals surface area contributed by atoms with Crippen molar-refractivity contribution in [2.45, 2.75) is 38.6 Å². The monoisotopic (exact) mass is 253 g/mol. The molecule has 2 N–H and O–H groups in total. The first-order valence-electron chi connectivity index (χ1n) is 6.15. The summed E-state index contributed by atoms with van der Waals surface area (Å²) in [7, 11) is 1.81. The van der Waals surface area contributed by atoms with Crippen LogP contribution in [0.2, 0.25) is 0 Å². The molecule has 0 unspecified atom stereocenters. The first-order valence-corrected chi connectivity index (χ1v) is 7.03. The van der Waals surface area contributed by atoms with Gasteiger partial charge in [0, 0.05) is 18.5 Å². The molecule has 0 spiro atoms. The molecule has 1 heterocycles. The van der Waals surface area contributed by atoms with E-state index in [2.05, 4.69) is 22.5 Å². The number of carbonyl (C=O) groups excluding carboxylic acids is 1. The molecule has 1 aromatic heterocycles. The first kappa shape index (κ1) is 12.4. The van der Waals surface area contributed by atoms with Crippen molar-refractivity contribution in [2.24, 2.45) is 5.92 Å². The van der Waals surface area contributed by atoms with Crippen molar-refractivity contribution in [3.8, 4) is 0 Å². The summed E-state index contributed by atoms with van der Waals surface area (Å²) < 4.78 is 0. The predicted octanol–water partition coefficient (Wildman–Crippen LogP) is 2.49. The topological polar surface area (TPSA) is 54.0 Å². The lowest BCUT2D eigenvalue weighted by molar-refractivity contribution is 0.0906. The van der Waals surface area contributed by atoms with Crippen LogP contribution >= 0.6 is 11.3 Å². The second kappa shape index (κ2) is 5.49. The van der Waals surface area contributed by atoms with Crippen LogP contribution in [0.15, 0.2) is 5.38 Å². The van der Waals surface area contributed by atoms with E-state index >= 15 is 0 Å². The predicted molar refractivity (Wildman–Crippen MR) is 70.5 cm³/mol. The Kier molecular flexibility index (Phi) is 3.99. The van der Waals surface area contributed by atoms with E-state index < -0.39 is 0 Å². The third-order valence-corrected chi connectivity index (χ3v) is 4.24. The van der Waals surface area contributed by atoms with Gasteiger partial charge in [-0.05, 0) is 18.8 Å². The summed E-state index contributed by atoms with van der Waals surface area (Å²) in [6, 6.07) is 0.316. The number of hydrogen-bond donors (Lipinski definition) is 2. The molecular formula is C12H19N3OS. The lowest BCUT2D eigenvalue weighted by Gasteiger charge is -2.29. The van der Waals surface area contributed by atoms with Crippen molar-refractivity contribution in [2.75, 3.05) is 12.4 Å². The Morgan fingerprint density at radius 3 is 2.88 bits per heavy atom. The van der Waals surface area contributed by atoms with Gasteiger partial charge < -0.3 is 10.6 Å². The normalized spacial score (nSPS) is 24.4. The van der Waals surface area contributed by atoms with Crippen LogP contribution in [0.3, 0.4) is 0 Å². The number of amides is 1. The lowest BCUT2D eigenvalue weighted by Crippen LogP contribution is -2.41. The van der Waals surface area contributed by atoms with E-state index in [-0.39, 0.29) is 5.91 Å². The second-order valence-corrected chi connectivity index (χ2v) is 5.49. The van der Waals surface area contributed by atoms with Gasteiger partial charge in [0.25, 0.3) is 5.91 Å². The van der Waals surface area contributed by atoms with Gasteiger partial charge in [-0.25, -0.2) is 4.98 Å². The van der Waals surface area contributed by atoms with Crippen molar-refractivity contribution >= 4 is 22.4 Å². The van der Waals surface area contributed by atoms with Crippen LogP contribution in [0.5, 0.6) is 0 Å². The molecule has 17 heavy (non-hydrogen) atoms. The number of aromatic nitrogens is 1. The average molecular weight is 253 g/mol. The van der Waals surface area contributed by atoms with E-state index in [1.54, 1.807) is 5.38 Å². The van der Waals surface area contributed by atoms with E-state index in [9.17, 15) is 4.79 Å². The third-order valence-electron chi connectivity index (χ3n) is 3.38. The van der Waals surface area contributed by atoms with Gasteiger partial charge in [-0.1, -0.05) is 19.8 Å². The van der Waals surface area contributed by atoms with Crippen LogP contribution in [0.1, 0.15) is 43.1 Å². The molecule has 1 amide bonds. The van der Waals surface area contributed by atoms with E-state index in [0.29, 0.717) is 17.7 Å². The van der Waals surface area contributed by atoms with Crippen molar-refractivity contribution < 1.29 is 4.79 Å². The molecule has 5 heteroatoms. The van der Waals surface area contributed by atoms with Gasteiger partial charge in [-0.15, -0.1) is 11.3 Å². The van der Waals surface area contributed by atoms with Crippen LogP contribution in [-0.4, -0.2) is 24.0 Å². The zero-order chi connectivity index (χ0) is 12.3. The van der Waals surface area contributed by atoms with Crippen LogP contribution < -0.4 is 10.6 Å². The molecule has 2 atom stereocenters. The summed E-state index contributed by atoms with van der Waals surface area (Å²) in [6.07, 6.45) is 4.81. The zero-order valence-electron chi connectivity index (χ0n) is 10.3. The number of anilines is 1. The summed E-state index contributed by atoms with van der Waals surface area (Å²) in [5.74, 6) is 0.539. The highest BCUT2D eigenvalue weighted by atomic mass is 32.1. The number of nitrogens with one attached hydrogen (secondary N) is 2. The van der Waals surface area contributed by atoms with E-state index in [0.717, 1.165) is 11.6 Å². The first-order chi connectivity index (χ1) is 8.20. The Bertz CT molecular complexity index is 391. The molecule has 1 fully saturated rings. The molecule has 0 bridgehead atoms.